The molecule has 0 heterocycles. The van der Waals surface area contributed by atoms with E-state index in [9.17, 15) is 17.2 Å². The zero-order chi connectivity index (χ0) is 13.2. The standard InChI is InChI=1S/C12H14F2O3S/c13-11(14)18(15,16)12(6-7-12)9-17-8-10-4-2-1-3-5-10/h1-5,11H,6-9H2. The molecule has 0 aliphatic heterocycles. The van der Waals surface area contributed by atoms with Crippen molar-refractivity contribution >= 4 is 9.84 Å². The third-order valence-electron chi connectivity index (χ3n) is 3.12. The number of hydrogen-bond acceptors (Lipinski definition) is 3. The first-order valence-electron chi connectivity index (χ1n) is 5.61. The Labute approximate surface area is 105 Å². The molecule has 0 spiro atoms. The van der Waals surface area contributed by atoms with E-state index >= 15 is 0 Å². The number of sulfone groups is 1. The molecule has 1 aromatic carbocycles. The van der Waals surface area contributed by atoms with Gasteiger partial charge in [0.25, 0.3) is 0 Å². The summed E-state index contributed by atoms with van der Waals surface area (Å²) < 4.78 is 51.7. The lowest BCUT2D eigenvalue weighted by Gasteiger charge is -2.15. The van der Waals surface area contributed by atoms with E-state index < -0.39 is 20.3 Å². The molecular weight excluding hydrogens is 262 g/mol. The highest BCUT2D eigenvalue weighted by molar-refractivity contribution is 7.93. The van der Waals surface area contributed by atoms with E-state index in [2.05, 4.69) is 0 Å². The number of rotatable bonds is 6. The Bertz CT molecular complexity index is 495. The van der Waals surface area contributed by atoms with Gasteiger partial charge in [-0.3, -0.25) is 0 Å². The highest BCUT2D eigenvalue weighted by atomic mass is 32.2. The summed E-state index contributed by atoms with van der Waals surface area (Å²) in [7, 11) is -4.38. The molecule has 0 aromatic heterocycles. The van der Waals surface area contributed by atoms with Gasteiger partial charge < -0.3 is 4.74 Å². The number of alkyl halides is 2. The minimum atomic E-state index is -4.38. The number of ether oxygens (including phenoxy) is 1. The largest absolute Gasteiger partial charge is 0.375 e. The number of benzene rings is 1. The summed E-state index contributed by atoms with van der Waals surface area (Å²) in [6.07, 6.45) is 0.517. The Hall–Kier alpha value is -1.01. The molecule has 1 fully saturated rings. The van der Waals surface area contributed by atoms with Crippen molar-refractivity contribution in [3.63, 3.8) is 0 Å². The Kier molecular flexibility index (Phi) is 3.68. The minimum absolute atomic E-state index is 0.158. The van der Waals surface area contributed by atoms with Gasteiger partial charge in [-0.05, 0) is 18.4 Å². The smallest absolute Gasteiger partial charge is 0.337 e. The van der Waals surface area contributed by atoms with Crippen LogP contribution in [0.15, 0.2) is 30.3 Å². The quantitative estimate of drug-likeness (QED) is 0.801. The van der Waals surface area contributed by atoms with Crippen LogP contribution in [-0.2, 0) is 21.2 Å². The van der Waals surface area contributed by atoms with Crippen molar-refractivity contribution in [2.45, 2.75) is 30.0 Å². The predicted molar refractivity (Wildman–Crippen MR) is 63.0 cm³/mol. The van der Waals surface area contributed by atoms with E-state index in [0.29, 0.717) is 0 Å². The van der Waals surface area contributed by atoms with Crippen molar-refractivity contribution < 1.29 is 21.9 Å². The summed E-state index contributed by atoms with van der Waals surface area (Å²) in [5, 5.41) is 0. The molecule has 0 atom stereocenters. The van der Waals surface area contributed by atoms with E-state index in [1.807, 2.05) is 30.3 Å². The minimum Gasteiger partial charge on any atom is -0.375 e. The highest BCUT2D eigenvalue weighted by Crippen LogP contribution is 2.46. The third kappa shape index (κ3) is 2.54. The second-order valence-electron chi connectivity index (χ2n) is 4.47. The molecule has 0 unspecified atom stereocenters. The Balaban J connectivity index is 1.92. The Morgan fingerprint density at radius 3 is 2.33 bits per heavy atom. The predicted octanol–water partition coefficient (Wildman–Crippen LogP) is 2.37. The highest BCUT2D eigenvalue weighted by Gasteiger charge is 2.58. The van der Waals surface area contributed by atoms with Gasteiger partial charge >= 0.3 is 5.76 Å². The molecule has 0 N–H and O–H groups in total. The van der Waals surface area contributed by atoms with Gasteiger partial charge in [0.15, 0.2) is 0 Å². The Morgan fingerprint density at radius 1 is 1.22 bits per heavy atom. The summed E-state index contributed by atoms with van der Waals surface area (Å²) in [6.45, 7) is 0.0793. The van der Waals surface area contributed by atoms with E-state index in [-0.39, 0.29) is 26.1 Å². The maximum Gasteiger partial charge on any atom is 0.337 e. The molecule has 0 bridgehead atoms. The molecule has 1 aromatic rings. The van der Waals surface area contributed by atoms with Crippen LogP contribution in [0.1, 0.15) is 18.4 Å². The van der Waals surface area contributed by atoms with E-state index in [1.54, 1.807) is 0 Å². The van der Waals surface area contributed by atoms with Crippen molar-refractivity contribution in [1.29, 1.82) is 0 Å². The summed E-state index contributed by atoms with van der Waals surface area (Å²) in [6, 6.07) is 9.19. The lowest BCUT2D eigenvalue weighted by atomic mass is 10.2. The normalized spacial score (nSPS) is 17.9. The first-order valence-corrected chi connectivity index (χ1v) is 7.16. The lowest BCUT2D eigenvalue weighted by Crippen LogP contribution is -2.33. The van der Waals surface area contributed by atoms with E-state index in [0.717, 1.165) is 5.56 Å². The van der Waals surface area contributed by atoms with Gasteiger partial charge in [-0.25, -0.2) is 8.42 Å². The second-order valence-corrected chi connectivity index (χ2v) is 6.78. The van der Waals surface area contributed by atoms with Crippen LogP contribution in [0.5, 0.6) is 0 Å². The third-order valence-corrected chi connectivity index (χ3v) is 5.32. The van der Waals surface area contributed by atoms with Gasteiger partial charge in [-0.2, -0.15) is 8.78 Å². The van der Waals surface area contributed by atoms with Crippen molar-refractivity contribution in [1.82, 2.24) is 0 Å². The molecule has 2 rings (SSSR count). The van der Waals surface area contributed by atoms with Gasteiger partial charge in [0, 0.05) is 0 Å². The van der Waals surface area contributed by atoms with Crippen molar-refractivity contribution in [2.24, 2.45) is 0 Å². The monoisotopic (exact) mass is 276 g/mol. The maximum atomic E-state index is 12.5. The molecule has 100 valence electrons. The zero-order valence-electron chi connectivity index (χ0n) is 9.68. The molecular formula is C12H14F2O3S. The summed E-state index contributed by atoms with van der Waals surface area (Å²) in [4.78, 5) is 0. The molecule has 3 nitrogen and oxygen atoms in total. The Morgan fingerprint density at radius 2 is 1.83 bits per heavy atom. The summed E-state index contributed by atoms with van der Waals surface area (Å²) >= 11 is 0. The van der Waals surface area contributed by atoms with E-state index in [1.165, 1.54) is 0 Å². The number of halogens is 2. The fourth-order valence-corrected chi connectivity index (χ4v) is 3.07. The topological polar surface area (TPSA) is 43.4 Å². The zero-order valence-corrected chi connectivity index (χ0v) is 10.5. The lowest BCUT2D eigenvalue weighted by molar-refractivity contribution is 0.114. The van der Waals surface area contributed by atoms with Gasteiger partial charge in [0.2, 0.25) is 9.84 Å². The molecule has 18 heavy (non-hydrogen) atoms. The average molecular weight is 276 g/mol. The molecule has 0 amide bonds. The molecule has 1 aliphatic rings. The molecule has 0 saturated heterocycles. The van der Waals surface area contributed by atoms with Crippen molar-refractivity contribution in [2.75, 3.05) is 6.61 Å². The fourth-order valence-electron chi connectivity index (χ4n) is 1.77. The van der Waals surface area contributed by atoms with Gasteiger partial charge in [-0.15, -0.1) is 0 Å². The first kappa shape index (κ1) is 13.4. The second kappa shape index (κ2) is 4.93. The maximum absolute atomic E-state index is 12.5. The molecule has 0 radical (unpaired) electrons. The molecule has 1 aliphatic carbocycles. The van der Waals surface area contributed by atoms with Crippen LogP contribution in [0.4, 0.5) is 8.78 Å². The molecule has 1 saturated carbocycles. The van der Waals surface area contributed by atoms with Crippen LogP contribution in [0.25, 0.3) is 0 Å². The van der Waals surface area contributed by atoms with Crippen LogP contribution >= 0.6 is 0 Å². The van der Waals surface area contributed by atoms with Gasteiger partial charge in [0.1, 0.15) is 4.75 Å². The van der Waals surface area contributed by atoms with Gasteiger partial charge in [0.05, 0.1) is 13.2 Å². The number of hydrogen-bond donors (Lipinski definition) is 0. The average Bonchev–Trinajstić information content (AvgIpc) is 3.12. The van der Waals surface area contributed by atoms with Crippen LogP contribution in [0.3, 0.4) is 0 Å². The van der Waals surface area contributed by atoms with Crippen LogP contribution < -0.4 is 0 Å². The first-order chi connectivity index (χ1) is 8.48. The summed E-state index contributed by atoms with van der Waals surface area (Å²) in [5.74, 6) is -3.32. The van der Waals surface area contributed by atoms with Crippen LogP contribution in [0, 0.1) is 0 Å². The van der Waals surface area contributed by atoms with Crippen molar-refractivity contribution in [3.05, 3.63) is 35.9 Å². The summed E-state index contributed by atoms with van der Waals surface area (Å²) in [5.41, 5.74) is 0.891. The van der Waals surface area contributed by atoms with E-state index in [4.69, 9.17) is 4.74 Å². The fraction of sp³-hybridized carbons (Fsp3) is 0.500. The SMILES string of the molecule is O=S(=O)(C(F)F)C1(COCc2ccccc2)CC1. The van der Waals surface area contributed by atoms with Crippen molar-refractivity contribution in [3.8, 4) is 0 Å². The molecule has 6 heteroatoms. The van der Waals surface area contributed by atoms with Crippen LogP contribution in [0.2, 0.25) is 0 Å². The van der Waals surface area contributed by atoms with Gasteiger partial charge in [-0.1, -0.05) is 30.3 Å². The van der Waals surface area contributed by atoms with Crippen LogP contribution in [-0.4, -0.2) is 25.5 Å².